The zero-order chi connectivity index (χ0) is 10.6. The number of halogens is 2. The molecule has 1 aromatic carbocycles. The zero-order valence-corrected chi connectivity index (χ0v) is 10.1. The van der Waals surface area contributed by atoms with Crippen LogP contribution in [0.3, 0.4) is 0 Å². The summed E-state index contributed by atoms with van der Waals surface area (Å²) in [7, 11) is 0. The minimum absolute atomic E-state index is 0.197. The summed E-state index contributed by atoms with van der Waals surface area (Å²) in [5, 5.41) is 3.32. The maximum absolute atomic E-state index is 12.8. The van der Waals surface area contributed by atoms with Crippen LogP contribution in [-0.2, 0) is 6.42 Å². The van der Waals surface area contributed by atoms with Gasteiger partial charge in [-0.1, -0.05) is 28.9 Å². The predicted octanol–water partition coefficient (Wildman–Crippen LogP) is 3.13. The van der Waals surface area contributed by atoms with Gasteiger partial charge in [0.25, 0.3) is 0 Å². The van der Waals surface area contributed by atoms with Crippen molar-refractivity contribution < 1.29 is 4.39 Å². The van der Waals surface area contributed by atoms with E-state index in [4.69, 9.17) is 0 Å². The molecule has 0 fully saturated rings. The quantitative estimate of drug-likeness (QED) is 0.877. The van der Waals surface area contributed by atoms with Crippen molar-refractivity contribution in [3.8, 4) is 0 Å². The van der Waals surface area contributed by atoms with Gasteiger partial charge in [0.1, 0.15) is 5.82 Å². The first-order valence-corrected chi connectivity index (χ1v) is 5.60. The lowest BCUT2D eigenvalue weighted by Crippen LogP contribution is -2.27. The lowest BCUT2D eigenvalue weighted by molar-refractivity contribution is 0.563. The van der Waals surface area contributed by atoms with E-state index < -0.39 is 0 Å². The van der Waals surface area contributed by atoms with Crippen LogP contribution in [0, 0.1) is 5.82 Å². The van der Waals surface area contributed by atoms with Gasteiger partial charge in [0.05, 0.1) is 0 Å². The molecule has 3 heteroatoms. The van der Waals surface area contributed by atoms with Crippen LogP contribution in [0.4, 0.5) is 4.39 Å². The molecule has 0 radical (unpaired) electrons. The zero-order valence-electron chi connectivity index (χ0n) is 8.48. The molecule has 1 aromatic rings. The Kier molecular flexibility index (Phi) is 4.55. The number of likely N-dealkylation sites (N-methyl/N-ethyl adjacent to an activating group) is 1. The van der Waals surface area contributed by atoms with Gasteiger partial charge >= 0.3 is 0 Å². The van der Waals surface area contributed by atoms with Crippen LogP contribution in [0.5, 0.6) is 0 Å². The molecule has 0 saturated heterocycles. The molecule has 0 amide bonds. The molecule has 1 N–H and O–H groups in total. The van der Waals surface area contributed by atoms with E-state index in [2.05, 4.69) is 35.1 Å². The van der Waals surface area contributed by atoms with Crippen molar-refractivity contribution in [2.24, 2.45) is 0 Å². The molecule has 0 aromatic heterocycles. The second-order valence-corrected chi connectivity index (χ2v) is 4.25. The number of nitrogens with one attached hydrogen (secondary N) is 1. The lowest BCUT2D eigenvalue weighted by atomic mass is 10.1. The third kappa shape index (κ3) is 3.39. The van der Waals surface area contributed by atoms with E-state index in [1.807, 2.05) is 6.07 Å². The van der Waals surface area contributed by atoms with Gasteiger partial charge < -0.3 is 5.32 Å². The van der Waals surface area contributed by atoms with E-state index >= 15 is 0 Å². The molecule has 1 unspecified atom stereocenters. The molecule has 1 rings (SSSR count). The SMILES string of the molecule is CCNC(C)Cc1ccc(F)cc1Br. The molecule has 1 nitrogen and oxygen atoms in total. The van der Waals surface area contributed by atoms with Crippen LogP contribution in [0.1, 0.15) is 19.4 Å². The standard InChI is InChI=1S/C11H15BrFN/c1-3-14-8(2)6-9-4-5-10(13)7-11(9)12/h4-5,7-8,14H,3,6H2,1-2H3. The van der Waals surface area contributed by atoms with Gasteiger partial charge in [0.2, 0.25) is 0 Å². The van der Waals surface area contributed by atoms with E-state index in [1.165, 1.54) is 12.1 Å². The van der Waals surface area contributed by atoms with Crippen molar-refractivity contribution in [2.45, 2.75) is 26.3 Å². The van der Waals surface area contributed by atoms with E-state index in [-0.39, 0.29) is 5.82 Å². The molecule has 0 heterocycles. The van der Waals surface area contributed by atoms with Gasteiger partial charge in [-0.3, -0.25) is 0 Å². The molecule has 0 aliphatic heterocycles. The number of hydrogen-bond donors (Lipinski definition) is 1. The second-order valence-electron chi connectivity index (χ2n) is 3.40. The average Bonchev–Trinajstić information content (AvgIpc) is 2.10. The minimum atomic E-state index is -0.197. The van der Waals surface area contributed by atoms with Crippen LogP contribution >= 0.6 is 15.9 Å². The van der Waals surface area contributed by atoms with Gasteiger partial charge in [0.15, 0.2) is 0 Å². The first kappa shape index (κ1) is 11.7. The van der Waals surface area contributed by atoms with Gasteiger partial charge in [0, 0.05) is 10.5 Å². The van der Waals surface area contributed by atoms with Crippen LogP contribution in [-0.4, -0.2) is 12.6 Å². The number of rotatable bonds is 4. The van der Waals surface area contributed by atoms with Crippen molar-refractivity contribution in [1.29, 1.82) is 0 Å². The van der Waals surface area contributed by atoms with Crippen molar-refractivity contribution in [3.63, 3.8) is 0 Å². The molecular weight excluding hydrogens is 245 g/mol. The molecule has 0 saturated carbocycles. The fraction of sp³-hybridized carbons (Fsp3) is 0.455. The van der Waals surface area contributed by atoms with E-state index in [1.54, 1.807) is 0 Å². The van der Waals surface area contributed by atoms with Gasteiger partial charge in [-0.2, -0.15) is 0 Å². The largest absolute Gasteiger partial charge is 0.314 e. The molecular formula is C11H15BrFN. The lowest BCUT2D eigenvalue weighted by Gasteiger charge is -2.13. The first-order valence-electron chi connectivity index (χ1n) is 4.80. The maximum Gasteiger partial charge on any atom is 0.124 e. The summed E-state index contributed by atoms with van der Waals surface area (Å²) in [6, 6.07) is 5.25. The fourth-order valence-corrected chi connectivity index (χ4v) is 1.95. The molecule has 1 atom stereocenters. The molecule has 0 bridgehead atoms. The summed E-state index contributed by atoms with van der Waals surface area (Å²) >= 11 is 3.36. The molecule has 0 aliphatic rings. The Morgan fingerprint density at radius 2 is 2.21 bits per heavy atom. The van der Waals surface area contributed by atoms with Crippen molar-refractivity contribution >= 4 is 15.9 Å². The number of hydrogen-bond acceptors (Lipinski definition) is 1. The average molecular weight is 260 g/mol. The first-order chi connectivity index (χ1) is 6.63. The van der Waals surface area contributed by atoms with Crippen LogP contribution in [0.15, 0.2) is 22.7 Å². The molecule has 14 heavy (non-hydrogen) atoms. The van der Waals surface area contributed by atoms with Gasteiger partial charge in [-0.15, -0.1) is 0 Å². The smallest absolute Gasteiger partial charge is 0.124 e. The van der Waals surface area contributed by atoms with Crippen LogP contribution < -0.4 is 5.32 Å². The highest BCUT2D eigenvalue weighted by Crippen LogP contribution is 2.19. The fourth-order valence-electron chi connectivity index (χ4n) is 1.44. The van der Waals surface area contributed by atoms with Crippen molar-refractivity contribution in [1.82, 2.24) is 5.32 Å². The van der Waals surface area contributed by atoms with Crippen molar-refractivity contribution in [3.05, 3.63) is 34.1 Å². The Hall–Kier alpha value is -0.410. The normalized spacial score (nSPS) is 12.9. The van der Waals surface area contributed by atoms with Gasteiger partial charge in [-0.25, -0.2) is 4.39 Å². The topological polar surface area (TPSA) is 12.0 Å². The van der Waals surface area contributed by atoms with Crippen LogP contribution in [0.2, 0.25) is 0 Å². The summed E-state index contributed by atoms with van der Waals surface area (Å²) in [6.07, 6.45) is 0.911. The second kappa shape index (κ2) is 5.47. The highest BCUT2D eigenvalue weighted by molar-refractivity contribution is 9.10. The third-order valence-electron chi connectivity index (χ3n) is 2.09. The Labute approximate surface area is 92.8 Å². The predicted molar refractivity (Wildman–Crippen MR) is 60.9 cm³/mol. The third-order valence-corrected chi connectivity index (χ3v) is 2.83. The monoisotopic (exact) mass is 259 g/mol. The minimum Gasteiger partial charge on any atom is -0.314 e. The van der Waals surface area contributed by atoms with Crippen molar-refractivity contribution in [2.75, 3.05) is 6.54 Å². The summed E-state index contributed by atoms with van der Waals surface area (Å²) in [4.78, 5) is 0. The van der Waals surface area contributed by atoms with E-state index in [0.717, 1.165) is 23.0 Å². The Balaban J connectivity index is 2.67. The van der Waals surface area contributed by atoms with E-state index in [9.17, 15) is 4.39 Å². The molecule has 0 aliphatic carbocycles. The Bertz CT molecular complexity index is 301. The van der Waals surface area contributed by atoms with Crippen LogP contribution in [0.25, 0.3) is 0 Å². The highest BCUT2D eigenvalue weighted by Gasteiger charge is 2.05. The Morgan fingerprint density at radius 1 is 1.50 bits per heavy atom. The number of benzene rings is 1. The van der Waals surface area contributed by atoms with Gasteiger partial charge in [-0.05, 0) is 37.6 Å². The molecule has 0 spiro atoms. The summed E-state index contributed by atoms with van der Waals surface area (Å²) in [5.74, 6) is -0.197. The Morgan fingerprint density at radius 3 is 2.79 bits per heavy atom. The summed E-state index contributed by atoms with van der Waals surface area (Å²) in [5.41, 5.74) is 1.14. The van der Waals surface area contributed by atoms with E-state index in [0.29, 0.717) is 6.04 Å². The molecule has 78 valence electrons. The maximum atomic E-state index is 12.8. The highest BCUT2D eigenvalue weighted by atomic mass is 79.9. The summed E-state index contributed by atoms with van der Waals surface area (Å²) in [6.45, 7) is 5.16. The summed E-state index contributed by atoms with van der Waals surface area (Å²) < 4.78 is 13.6.